The lowest BCUT2D eigenvalue weighted by molar-refractivity contribution is 1.13. The van der Waals surface area contributed by atoms with Crippen LogP contribution in [0.15, 0.2) is 67.4 Å². The van der Waals surface area contributed by atoms with E-state index < -0.39 is 0 Å². The van der Waals surface area contributed by atoms with Crippen molar-refractivity contribution in [1.29, 1.82) is 0 Å². The number of hydrogen-bond donors (Lipinski definition) is 0. The van der Waals surface area contributed by atoms with Gasteiger partial charge in [0.15, 0.2) is 0 Å². The van der Waals surface area contributed by atoms with E-state index in [0.717, 1.165) is 27.6 Å². The molecule has 0 bridgehead atoms. The van der Waals surface area contributed by atoms with Crippen LogP contribution in [0.1, 0.15) is 11.1 Å². The highest BCUT2D eigenvalue weighted by molar-refractivity contribution is 5.95. The molecule has 0 amide bonds. The van der Waals surface area contributed by atoms with Gasteiger partial charge in [0.1, 0.15) is 0 Å². The lowest BCUT2D eigenvalue weighted by Crippen LogP contribution is -2.08. The number of rotatable bonds is 3. The number of fused-ring (bicyclic) bond motifs is 1. The Labute approximate surface area is 125 Å². The molecule has 3 rings (SSSR count). The zero-order valence-corrected chi connectivity index (χ0v) is 12.4. The topological polar surface area (TPSA) is 16.1 Å². The Morgan fingerprint density at radius 2 is 1.67 bits per heavy atom. The predicted molar refractivity (Wildman–Crippen MR) is 90.6 cm³/mol. The fraction of sp³-hybridized carbons (Fsp3) is 0.105. The average Bonchev–Trinajstić information content (AvgIpc) is 2.53. The zero-order chi connectivity index (χ0) is 14.8. The van der Waals surface area contributed by atoms with E-state index in [-0.39, 0.29) is 0 Å². The molecule has 0 fully saturated rings. The summed E-state index contributed by atoms with van der Waals surface area (Å²) < 4.78 is 0. The first-order valence-electron chi connectivity index (χ1n) is 6.97. The molecule has 2 aromatic carbocycles. The van der Waals surface area contributed by atoms with Crippen molar-refractivity contribution in [3.05, 3.63) is 78.5 Å². The first kappa shape index (κ1) is 13.4. The molecule has 1 heterocycles. The van der Waals surface area contributed by atoms with Crippen LogP contribution in [-0.4, -0.2) is 19.1 Å². The molecule has 0 unspecified atom stereocenters. The molecule has 21 heavy (non-hydrogen) atoms. The number of aromatic nitrogens is 1. The quantitative estimate of drug-likeness (QED) is 0.705. The maximum absolute atomic E-state index is 4.41. The lowest BCUT2D eigenvalue weighted by atomic mass is 9.96. The molecular formula is C19H18N2. The minimum absolute atomic E-state index is 1.00. The van der Waals surface area contributed by atoms with Crippen molar-refractivity contribution in [3.8, 4) is 0 Å². The van der Waals surface area contributed by atoms with Crippen LogP contribution in [0.5, 0.6) is 0 Å². The molecule has 2 heteroatoms. The van der Waals surface area contributed by atoms with Crippen LogP contribution in [0.25, 0.3) is 16.5 Å². The summed E-state index contributed by atoms with van der Waals surface area (Å²) in [7, 11) is 4.08. The van der Waals surface area contributed by atoms with E-state index in [1.165, 1.54) is 5.69 Å². The third-order valence-corrected chi connectivity index (χ3v) is 3.71. The van der Waals surface area contributed by atoms with Crippen molar-refractivity contribution < 1.29 is 0 Å². The van der Waals surface area contributed by atoms with Crippen molar-refractivity contribution >= 4 is 22.2 Å². The van der Waals surface area contributed by atoms with E-state index in [0.29, 0.717) is 0 Å². The molecule has 0 radical (unpaired) electrons. The third-order valence-electron chi connectivity index (χ3n) is 3.71. The predicted octanol–water partition coefficient (Wildman–Crippen LogP) is 4.36. The molecule has 0 aliphatic rings. The van der Waals surface area contributed by atoms with Crippen LogP contribution in [-0.2, 0) is 0 Å². The van der Waals surface area contributed by atoms with E-state index in [2.05, 4.69) is 46.8 Å². The standard InChI is InChI=1S/C19H18N2/c1-14(15-8-10-16(11-9-15)21(2)3)17-12-13-20-19-7-5-4-6-18(17)19/h4-13H,1H2,2-3H3. The van der Waals surface area contributed by atoms with Crippen LogP contribution in [0.4, 0.5) is 5.69 Å². The van der Waals surface area contributed by atoms with Crippen LogP contribution < -0.4 is 4.90 Å². The molecule has 0 aliphatic carbocycles. The minimum Gasteiger partial charge on any atom is -0.378 e. The highest BCUT2D eigenvalue weighted by Gasteiger charge is 2.07. The summed E-state index contributed by atoms with van der Waals surface area (Å²) in [4.78, 5) is 6.50. The number of para-hydroxylation sites is 1. The van der Waals surface area contributed by atoms with Crippen LogP contribution in [0, 0.1) is 0 Å². The third kappa shape index (κ3) is 2.52. The Bertz CT molecular complexity index is 781. The maximum Gasteiger partial charge on any atom is 0.0708 e. The first-order valence-corrected chi connectivity index (χ1v) is 6.97. The second-order valence-electron chi connectivity index (χ2n) is 5.30. The van der Waals surface area contributed by atoms with Gasteiger partial charge in [-0.05, 0) is 41.0 Å². The van der Waals surface area contributed by atoms with Gasteiger partial charge in [0.25, 0.3) is 0 Å². The number of hydrogen-bond acceptors (Lipinski definition) is 2. The summed E-state index contributed by atoms with van der Waals surface area (Å²) in [6.07, 6.45) is 1.84. The van der Waals surface area contributed by atoms with Gasteiger partial charge in [0, 0.05) is 31.4 Å². The van der Waals surface area contributed by atoms with Gasteiger partial charge in [-0.1, -0.05) is 36.9 Å². The molecule has 104 valence electrons. The van der Waals surface area contributed by atoms with E-state index in [1.54, 1.807) is 0 Å². The largest absolute Gasteiger partial charge is 0.378 e. The van der Waals surface area contributed by atoms with Gasteiger partial charge in [0.2, 0.25) is 0 Å². The Balaban J connectivity index is 2.04. The highest BCUT2D eigenvalue weighted by atomic mass is 15.1. The second-order valence-corrected chi connectivity index (χ2v) is 5.30. The number of benzene rings is 2. The van der Waals surface area contributed by atoms with Crippen LogP contribution >= 0.6 is 0 Å². The molecule has 3 aromatic rings. The van der Waals surface area contributed by atoms with E-state index in [1.807, 2.05) is 44.6 Å². The number of nitrogens with zero attached hydrogens (tertiary/aromatic N) is 2. The normalized spacial score (nSPS) is 10.6. The van der Waals surface area contributed by atoms with Crippen molar-refractivity contribution in [2.24, 2.45) is 0 Å². The fourth-order valence-corrected chi connectivity index (χ4v) is 2.48. The molecule has 0 spiro atoms. The van der Waals surface area contributed by atoms with Gasteiger partial charge in [0.05, 0.1) is 5.52 Å². The Morgan fingerprint density at radius 3 is 2.38 bits per heavy atom. The SMILES string of the molecule is C=C(c1ccc(N(C)C)cc1)c1ccnc2ccccc12. The maximum atomic E-state index is 4.41. The van der Waals surface area contributed by atoms with Gasteiger partial charge in [-0.3, -0.25) is 4.98 Å². The van der Waals surface area contributed by atoms with Crippen LogP contribution in [0.3, 0.4) is 0 Å². The van der Waals surface area contributed by atoms with Gasteiger partial charge in [-0.25, -0.2) is 0 Å². The Morgan fingerprint density at radius 1 is 0.952 bits per heavy atom. The molecular weight excluding hydrogens is 256 g/mol. The molecule has 0 saturated heterocycles. The monoisotopic (exact) mass is 274 g/mol. The van der Waals surface area contributed by atoms with Crippen molar-refractivity contribution in [2.75, 3.05) is 19.0 Å². The van der Waals surface area contributed by atoms with Gasteiger partial charge < -0.3 is 4.90 Å². The van der Waals surface area contributed by atoms with Crippen molar-refractivity contribution in [2.45, 2.75) is 0 Å². The smallest absolute Gasteiger partial charge is 0.0708 e. The van der Waals surface area contributed by atoms with Gasteiger partial charge >= 0.3 is 0 Å². The van der Waals surface area contributed by atoms with Crippen LogP contribution in [0.2, 0.25) is 0 Å². The lowest BCUT2D eigenvalue weighted by Gasteiger charge is -2.14. The molecule has 0 saturated carbocycles. The molecule has 2 nitrogen and oxygen atoms in total. The van der Waals surface area contributed by atoms with Gasteiger partial charge in [-0.2, -0.15) is 0 Å². The summed E-state index contributed by atoms with van der Waals surface area (Å²) in [5, 5.41) is 1.14. The Hall–Kier alpha value is -2.61. The van der Waals surface area contributed by atoms with E-state index >= 15 is 0 Å². The first-order chi connectivity index (χ1) is 10.2. The fourth-order valence-electron chi connectivity index (χ4n) is 2.48. The molecule has 0 aliphatic heterocycles. The zero-order valence-electron chi connectivity index (χ0n) is 12.4. The summed E-state index contributed by atoms with van der Waals surface area (Å²) in [5.41, 5.74) is 5.49. The summed E-state index contributed by atoms with van der Waals surface area (Å²) >= 11 is 0. The summed E-state index contributed by atoms with van der Waals surface area (Å²) in [5.74, 6) is 0. The van der Waals surface area contributed by atoms with Crippen molar-refractivity contribution in [3.63, 3.8) is 0 Å². The highest BCUT2D eigenvalue weighted by Crippen LogP contribution is 2.28. The van der Waals surface area contributed by atoms with E-state index in [9.17, 15) is 0 Å². The van der Waals surface area contributed by atoms with Gasteiger partial charge in [-0.15, -0.1) is 0 Å². The average molecular weight is 274 g/mol. The molecule has 0 N–H and O–H groups in total. The molecule has 1 aromatic heterocycles. The summed E-state index contributed by atoms with van der Waals surface area (Å²) in [6, 6.07) is 18.7. The molecule has 0 atom stereocenters. The van der Waals surface area contributed by atoms with E-state index in [4.69, 9.17) is 0 Å². The van der Waals surface area contributed by atoms with Crippen molar-refractivity contribution in [1.82, 2.24) is 4.98 Å². The number of pyridine rings is 1. The number of anilines is 1. The Kier molecular flexibility index (Phi) is 3.44. The second kappa shape index (κ2) is 5.41. The minimum atomic E-state index is 1.00. The summed E-state index contributed by atoms with van der Waals surface area (Å²) in [6.45, 7) is 4.28.